The van der Waals surface area contributed by atoms with E-state index in [-0.39, 0.29) is 0 Å². The van der Waals surface area contributed by atoms with E-state index in [2.05, 4.69) is 10.3 Å². The zero-order valence-corrected chi connectivity index (χ0v) is 12.7. The van der Waals surface area contributed by atoms with Crippen LogP contribution in [0.15, 0.2) is 23.2 Å². The average molecular weight is 303 g/mol. The molecule has 110 valence electrons. The standard InChI is InChI=1S/C16H18FN3S/c17-13-8-12(9-18)4-5-14(13)20-15-19-10-16(11-21-15)6-2-1-3-7-16/h4-5,8H,1-3,6-7,10-11H2,(H,19,20). The Balaban J connectivity index is 1.68. The summed E-state index contributed by atoms with van der Waals surface area (Å²) in [7, 11) is 0. The van der Waals surface area contributed by atoms with Gasteiger partial charge >= 0.3 is 0 Å². The van der Waals surface area contributed by atoms with Gasteiger partial charge in [-0.05, 0) is 36.5 Å². The second-order valence-electron chi connectivity index (χ2n) is 5.90. The van der Waals surface area contributed by atoms with Gasteiger partial charge < -0.3 is 5.32 Å². The summed E-state index contributed by atoms with van der Waals surface area (Å²) in [5.41, 5.74) is 1.09. The fourth-order valence-corrected chi connectivity index (χ4v) is 4.19. The summed E-state index contributed by atoms with van der Waals surface area (Å²) in [6, 6.07) is 6.40. The zero-order valence-electron chi connectivity index (χ0n) is 11.9. The summed E-state index contributed by atoms with van der Waals surface area (Å²) < 4.78 is 13.9. The van der Waals surface area contributed by atoms with E-state index < -0.39 is 5.82 Å². The summed E-state index contributed by atoms with van der Waals surface area (Å²) in [6.45, 7) is 0.847. The van der Waals surface area contributed by atoms with Gasteiger partial charge in [0.15, 0.2) is 5.17 Å². The van der Waals surface area contributed by atoms with E-state index in [1.807, 2.05) is 6.07 Å². The van der Waals surface area contributed by atoms with Crippen LogP contribution in [0.1, 0.15) is 37.7 Å². The monoisotopic (exact) mass is 303 g/mol. The molecule has 1 aliphatic carbocycles. The van der Waals surface area contributed by atoms with Crippen LogP contribution in [0.5, 0.6) is 0 Å². The Morgan fingerprint density at radius 2 is 2.10 bits per heavy atom. The van der Waals surface area contributed by atoms with Crippen molar-refractivity contribution in [2.45, 2.75) is 32.1 Å². The molecule has 1 fully saturated rings. The highest BCUT2D eigenvalue weighted by molar-refractivity contribution is 8.14. The minimum atomic E-state index is -0.407. The van der Waals surface area contributed by atoms with Gasteiger partial charge in [-0.15, -0.1) is 0 Å². The minimum absolute atomic E-state index is 0.331. The lowest BCUT2D eigenvalue weighted by Gasteiger charge is -2.38. The van der Waals surface area contributed by atoms with Crippen LogP contribution >= 0.6 is 11.8 Å². The van der Waals surface area contributed by atoms with E-state index in [1.165, 1.54) is 38.2 Å². The second kappa shape index (κ2) is 6.07. The lowest BCUT2D eigenvalue weighted by Crippen LogP contribution is -2.35. The van der Waals surface area contributed by atoms with Crippen molar-refractivity contribution in [1.29, 1.82) is 5.26 Å². The molecule has 0 bridgehead atoms. The smallest absolute Gasteiger partial charge is 0.161 e. The van der Waals surface area contributed by atoms with Crippen LogP contribution in [0, 0.1) is 22.6 Å². The molecule has 1 N–H and O–H groups in total. The van der Waals surface area contributed by atoms with E-state index in [0.717, 1.165) is 17.5 Å². The summed E-state index contributed by atoms with van der Waals surface area (Å²) in [4.78, 5) is 4.62. The summed E-state index contributed by atoms with van der Waals surface area (Å²) in [5, 5.41) is 12.6. The van der Waals surface area contributed by atoms with Crippen LogP contribution in [0.2, 0.25) is 0 Å². The van der Waals surface area contributed by atoms with Crippen LogP contribution in [0.25, 0.3) is 0 Å². The predicted octanol–water partition coefficient (Wildman–Crippen LogP) is 4.16. The fraction of sp³-hybridized carbons (Fsp3) is 0.500. The molecule has 0 aromatic heterocycles. The van der Waals surface area contributed by atoms with Gasteiger partial charge in [0.1, 0.15) is 5.82 Å². The molecule has 1 aromatic rings. The number of benzene rings is 1. The molecule has 3 nitrogen and oxygen atoms in total. The lowest BCUT2D eigenvalue weighted by molar-refractivity contribution is 0.232. The van der Waals surface area contributed by atoms with Crippen molar-refractivity contribution in [1.82, 2.24) is 0 Å². The second-order valence-corrected chi connectivity index (χ2v) is 6.87. The molecule has 0 atom stereocenters. The number of amidine groups is 1. The molecule has 0 unspecified atom stereocenters. The number of halogens is 1. The molecule has 1 aliphatic heterocycles. The highest BCUT2D eigenvalue weighted by Crippen LogP contribution is 2.42. The molecule has 1 aromatic carbocycles. The number of nitriles is 1. The first-order valence-electron chi connectivity index (χ1n) is 7.35. The van der Waals surface area contributed by atoms with Crippen molar-refractivity contribution < 1.29 is 4.39 Å². The van der Waals surface area contributed by atoms with Gasteiger partial charge in [-0.25, -0.2) is 4.39 Å². The Kier molecular flexibility index (Phi) is 4.16. The zero-order chi connectivity index (χ0) is 14.7. The molecule has 3 rings (SSSR count). The van der Waals surface area contributed by atoms with Gasteiger partial charge in [0.2, 0.25) is 0 Å². The number of nitrogens with zero attached hydrogens (tertiary/aromatic N) is 2. The maximum atomic E-state index is 13.9. The Morgan fingerprint density at radius 1 is 1.29 bits per heavy atom. The van der Waals surface area contributed by atoms with Crippen molar-refractivity contribution in [3.8, 4) is 6.07 Å². The van der Waals surface area contributed by atoms with E-state index in [9.17, 15) is 4.39 Å². The maximum Gasteiger partial charge on any atom is 0.161 e. The number of nitrogens with one attached hydrogen (secondary N) is 1. The van der Waals surface area contributed by atoms with Gasteiger partial charge in [0.05, 0.1) is 17.3 Å². The average Bonchev–Trinajstić information content (AvgIpc) is 2.52. The molecule has 5 heteroatoms. The predicted molar refractivity (Wildman–Crippen MR) is 85.0 cm³/mol. The first kappa shape index (κ1) is 14.4. The first-order valence-corrected chi connectivity index (χ1v) is 8.33. The summed E-state index contributed by atoms with van der Waals surface area (Å²) >= 11 is 1.69. The maximum absolute atomic E-state index is 13.9. The van der Waals surface area contributed by atoms with Gasteiger partial charge in [-0.3, -0.25) is 4.99 Å². The first-order chi connectivity index (χ1) is 10.2. The Labute approximate surface area is 128 Å². The number of anilines is 1. The number of aliphatic imine (C=N–C) groups is 1. The Bertz CT molecular complexity index is 600. The molecule has 0 amide bonds. The molecule has 1 spiro atoms. The molecular weight excluding hydrogens is 285 g/mol. The van der Waals surface area contributed by atoms with Gasteiger partial charge in [-0.2, -0.15) is 5.26 Å². The van der Waals surface area contributed by atoms with Crippen LogP contribution in [-0.4, -0.2) is 17.5 Å². The molecular formula is C16H18FN3S. The topological polar surface area (TPSA) is 48.2 Å². The number of thioether (sulfide) groups is 1. The van der Waals surface area contributed by atoms with Crippen LogP contribution < -0.4 is 5.32 Å². The third-order valence-corrected chi connectivity index (χ3v) is 5.59. The molecule has 0 saturated heterocycles. The number of hydrogen-bond donors (Lipinski definition) is 1. The minimum Gasteiger partial charge on any atom is -0.333 e. The number of hydrogen-bond acceptors (Lipinski definition) is 4. The largest absolute Gasteiger partial charge is 0.333 e. The number of rotatable bonds is 1. The third kappa shape index (κ3) is 3.21. The van der Waals surface area contributed by atoms with Crippen molar-refractivity contribution in [3.63, 3.8) is 0 Å². The third-order valence-electron chi connectivity index (χ3n) is 4.33. The Hall–Kier alpha value is -1.54. The molecule has 1 saturated carbocycles. The van der Waals surface area contributed by atoms with Crippen molar-refractivity contribution in [2.24, 2.45) is 10.4 Å². The van der Waals surface area contributed by atoms with Crippen LogP contribution in [0.3, 0.4) is 0 Å². The normalized spacial score (nSPS) is 20.7. The fourth-order valence-electron chi connectivity index (χ4n) is 3.03. The van der Waals surface area contributed by atoms with E-state index in [1.54, 1.807) is 23.9 Å². The van der Waals surface area contributed by atoms with Crippen molar-refractivity contribution in [2.75, 3.05) is 17.6 Å². The van der Waals surface area contributed by atoms with E-state index >= 15 is 0 Å². The molecule has 1 heterocycles. The Morgan fingerprint density at radius 3 is 2.71 bits per heavy atom. The lowest BCUT2D eigenvalue weighted by atomic mass is 9.75. The van der Waals surface area contributed by atoms with Crippen molar-refractivity contribution >= 4 is 22.6 Å². The SMILES string of the molecule is N#Cc1ccc(NC2=NCC3(CCCCC3)CS2)c(F)c1. The highest BCUT2D eigenvalue weighted by atomic mass is 32.2. The quantitative estimate of drug-likeness (QED) is 0.847. The molecule has 2 aliphatic rings. The summed E-state index contributed by atoms with van der Waals surface area (Å²) in [5.74, 6) is 0.659. The summed E-state index contributed by atoms with van der Waals surface area (Å²) in [6.07, 6.45) is 6.49. The van der Waals surface area contributed by atoms with Crippen molar-refractivity contribution in [3.05, 3.63) is 29.6 Å². The van der Waals surface area contributed by atoms with Gasteiger partial charge in [0, 0.05) is 12.3 Å². The van der Waals surface area contributed by atoms with Crippen LogP contribution in [-0.2, 0) is 0 Å². The highest BCUT2D eigenvalue weighted by Gasteiger charge is 2.34. The van der Waals surface area contributed by atoms with E-state index in [4.69, 9.17) is 5.26 Å². The van der Waals surface area contributed by atoms with Gasteiger partial charge in [0.25, 0.3) is 0 Å². The van der Waals surface area contributed by atoms with E-state index in [0.29, 0.717) is 16.7 Å². The van der Waals surface area contributed by atoms with Gasteiger partial charge in [-0.1, -0.05) is 31.0 Å². The molecule has 0 radical (unpaired) electrons. The van der Waals surface area contributed by atoms with Crippen LogP contribution in [0.4, 0.5) is 10.1 Å². The molecule has 21 heavy (non-hydrogen) atoms.